The van der Waals surface area contributed by atoms with E-state index in [0.29, 0.717) is 19.8 Å². The molecule has 4 nitrogen and oxygen atoms in total. The van der Waals surface area contributed by atoms with Crippen LogP contribution in [0.2, 0.25) is 0 Å². The van der Waals surface area contributed by atoms with Crippen molar-refractivity contribution in [2.24, 2.45) is 11.7 Å². The van der Waals surface area contributed by atoms with Crippen LogP contribution in [0.5, 0.6) is 0 Å². The van der Waals surface area contributed by atoms with E-state index in [2.05, 4.69) is 0 Å². The van der Waals surface area contributed by atoms with Gasteiger partial charge in [0, 0.05) is 25.9 Å². The lowest BCUT2D eigenvalue weighted by Crippen LogP contribution is -2.33. The molecule has 0 saturated carbocycles. The molecule has 1 aromatic rings. The van der Waals surface area contributed by atoms with Crippen molar-refractivity contribution in [2.75, 3.05) is 25.2 Å². The van der Waals surface area contributed by atoms with Gasteiger partial charge in [-0.05, 0) is 24.1 Å². The molecule has 1 unspecified atom stereocenters. The molecule has 0 spiro atoms. The van der Waals surface area contributed by atoms with Crippen LogP contribution in [0, 0.1) is 5.92 Å². The quantitative estimate of drug-likeness (QED) is 0.853. The number of benzene rings is 1. The lowest BCUT2D eigenvalue weighted by molar-refractivity contribution is -0.122. The average molecular weight is 234 g/mol. The van der Waals surface area contributed by atoms with Crippen molar-refractivity contribution in [3.05, 3.63) is 29.8 Å². The molecule has 1 amide bonds. The van der Waals surface area contributed by atoms with Crippen LogP contribution in [-0.2, 0) is 16.1 Å². The Hall–Kier alpha value is -1.39. The molecular formula is C13H18N2O2. The predicted molar refractivity (Wildman–Crippen MR) is 66.7 cm³/mol. The molecule has 17 heavy (non-hydrogen) atoms. The molecule has 2 rings (SSSR count). The average Bonchev–Trinajstić information content (AvgIpc) is 2.91. The minimum absolute atomic E-state index is 0.00142. The van der Waals surface area contributed by atoms with E-state index in [-0.39, 0.29) is 11.8 Å². The second kappa shape index (κ2) is 5.29. The van der Waals surface area contributed by atoms with Crippen LogP contribution in [0.1, 0.15) is 12.0 Å². The second-order valence-corrected chi connectivity index (χ2v) is 4.33. The van der Waals surface area contributed by atoms with Crippen molar-refractivity contribution >= 4 is 11.6 Å². The Morgan fingerprint density at radius 3 is 3.06 bits per heavy atom. The second-order valence-electron chi connectivity index (χ2n) is 4.33. The highest BCUT2D eigenvalue weighted by atomic mass is 16.5. The number of carbonyl (C=O) groups excluding carboxylic acids is 1. The first kappa shape index (κ1) is 12.1. The molecule has 1 saturated heterocycles. The number of rotatable bonds is 3. The summed E-state index contributed by atoms with van der Waals surface area (Å²) in [7, 11) is 1.80. The van der Waals surface area contributed by atoms with Crippen LogP contribution < -0.4 is 10.6 Å². The third-order valence-electron chi connectivity index (χ3n) is 3.14. The van der Waals surface area contributed by atoms with Gasteiger partial charge in [0.1, 0.15) is 0 Å². The SMILES string of the molecule is CN(C(=O)C1CCOC1)c1cccc(CN)c1. The fourth-order valence-electron chi connectivity index (χ4n) is 2.02. The zero-order chi connectivity index (χ0) is 12.3. The Morgan fingerprint density at radius 1 is 1.59 bits per heavy atom. The number of nitrogens with zero attached hydrogens (tertiary/aromatic N) is 1. The number of ether oxygens (including phenoxy) is 1. The fourth-order valence-corrected chi connectivity index (χ4v) is 2.02. The summed E-state index contributed by atoms with van der Waals surface area (Å²) in [5.74, 6) is 0.123. The molecule has 0 radical (unpaired) electrons. The van der Waals surface area contributed by atoms with Gasteiger partial charge in [0.05, 0.1) is 12.5 Å². The van der Waals surface area contributed by atoms with E-state index < -0.39 is 0 Å². The van der Waals surface area contributed by atoms with Gasteiger partial charge < -0.3 is 15.4 Å². The number of carbonyl (C=O) groups is 1. The summed E-state index contributed by atoms with van der Waals surface area (Å²) in [6, 6.07) is 7.76. The van der Waals surface area contributed by atoms with Gasteiger partial charge in [-0.2, -0.15) is 0 Å². The Balaban J connectivity index is 2.12. The molecule has 2 N–H and O–H groups in total. The van der Waals surface area contributed by atoms with Gasteiger partial charge in [0.25, 0.3) is 0 Å². The van der Waals surface area contributed by atoms with Crippen molar-refractivity contribution in [3.63, 3.8) is 0 Å². The molecule has 1 aromatic carbocycles. The number of amides is 1. The summed E-state index contributed by atoms with van der Waals surface area (Å²) >= 11 is 0. The maximum absolute atomic E-state index is 12.2. The Labute approximate surface area is 101 Å². The summed E-state index contributed by atoms with van der Waals surface area (Å²) in [5, 5.41) is 0. The van der Waals surface area contributed by atoms with E-state index in [1.807, 2.05) is 24.3 Å². The lowest BCUT2D eigenvalue weighted by atomic mass is 10.1. The molecule has 1 heterocycles. The molecule has 1 aliphatic rings. The first-order chi connectivity index (χ1) is 8.22. The van der Waals surface area contributed by atoms with Crippen molar-refractivity contribution in [1.29, 1.82) is 0 Å². The summed E-state index contributed by atoms with van der Waals surface area (Å²) in [5.41, 5.74) is 7.52. The highest BCUT2D eigenvalue weighted by Gasteiger charge is 2.26. The summed E-state index contributed by atoms with van der Waals surface area (Å²) in [6.07, 6.45) is 0.819. The number of anilines is 1. The van der Waals surface area contributed by atoms with E-state index in [1.54, 1.807) is 11.9 Å². The summed E-state index contributed by atoms with van der Waals surface area (Å²) in [4.78, 5) is 13.9. The predicted octanol–water partition coefficient (Wildman–Crippen LogP) is 1.14. The number of nitrogens with two attached hydrogens (primary N) is 1. The highest BCUT2D eigenvalue weighted by Crippen LogP contribution is 2.20. The third kappa shape index (κ3) is 2.65. The van der Waals surface area contributed by atoms with Crippen LogP contribution in [0.4, 0.5) is 5.69 Å². The van der Waals surface area contributed by atoms with Gasteiger partial charge in [-0.1, -0.05) is 12.1 Å². The molecular weight excluding hydrogens is 216 g/mol. The van der Waals surface area contributed by atoms with Gasteiger partial charge in [-0.3, -0.25) is 4.79 Å². The molecule has 0 aliphatic carbocycles. The van der Waals surface area contributed by atoms with Gasteiger partial charge in [-0.25, -0.2) is 0 Å². The normalized spacial score (nSPS) is 19.3. The monoisotopic (exact) mass is 234 g/mol. The maximum atomic E-state index is 12.2. The minimum atomic E-state index is 0.00142. The molecule has 1 fully saturated rings. The zero-order valence-corrected chi connectivity index (χ0v) is 10.1. The van der Waals surface area contributed by atoms with Crippen LogP contribution in [0.25, 0.3) is 0 Å². The van der Waals surface area contributed by atoms with Crippen LogP contribution in [0.15, 0.2) is 24.3 Å². The van der Waals surface area contributed by atoms with Crippen molar-refractivity contribution < 1.29 is 9.53 Å². The molecule has 0 bridgehead atoms. The molecule has 1 atom stereocenters. The van der Waals surface area contributed by atoms with E-state index in [1.165, 1.54) is 0 Å². The minimum Gasteiger partial charge on any atom is -0.381 e. The summed E-state index contributed by atoms with van der Waals surface area (Å²) in [6.45, 7) is 1.72. The third-order valence-corrected chi connectivity index (χ3v) is 3.14. The van der Waals surface area contributed by atoms with E-state index in [4.69, 9.17) is 10.5 Å². The maximum Gasteiger partial charge on any atom is 0.232 e. The highest BCUT2D eigenvalue weighted by molar-refractivity contribution is 5.94. The Kier molecular flexibility index (Phi) is 3.76. The van der Waals surface area contributed by atoms with Crippen LogP contribution >= 0.6 is 0 Å². The standard InChI is InChI=1S/C13H18N2O2/c1-15(13(16)11-5-6-17-9-11)12-4-2-3-10(7-12)8-14/h2-4,7,11H,5-6,8-9,14H2,1H3. The molecule has 0 aromatic heterocycles. The topological polar surface area (TPSA) is 55.6 Å². The first-order valence-corrected chi connectivity index (χ1v) is 5.86. The molecule has 4 heteroatoms. The van der Waals surface area contributed by atoms with Crippen LogP contribution in [-0.4, -0.2) is 26.2 Å². The zero-order valence-electron chi connectivity index (χ0n) is 10.1. The number of hydrogen-bond donors (Lipinski definition) is 1. The van der Waals surface area contributed by atoms with Crippen molar-refractivity contribution in [2.45, 2.75) is 13.0 Å². The first-order valence-electron chi connectivity index (χ1n) is 5.86. The van der Waals surface area contributed by atoms with Crippen molar-refractivity contribution in [3.8, 4) is 0 Å². The van der Waals surface area contributed by atoms with Gasteiger partial charge in [0.15, 0.2) is 0 Å². The van der Waals surface area contributed by atoms with Gasteiger partial charge in [0.2, 0.25) is 5.91 Å². The summed E-state index contributed by atoms with van der Waals surface area (Å²) < 4.78 is 5.24. The van der Waals surface area contributed by atoms with E-state index in [9.17, 15) is 4.79 Å². The lowest BCUT2D eigenvalue weighted by Gasteiger charge is -2.20. The van der Waals surface area contributed by atoms with Gasteiger partial charge in [-0.15, -0.1) is 0 Å². The van der Waals surface area contributed by atoms with Gasteiger partial charge >= 0.3 is 0 Å². The van der Waals surface area contributed by atoms with E-state index >= 15 is 0 Å². The Bertz CT molecular complexity index is 400. The van der Waals surface area contributed by atoms with Crippen molar-refractivity contribution in [1.82, 2.24) is 0 Å². The Morgan fingerprint density at radius 2 is 2.41 bits per heavy atom. The largest absolute Gasteiger partial charge is 0.381 e. The molecule has 92 valence electrons. The smallest absolute Gasteiger partial charge is 0.232 e. The van der Waals surface area contributed by atoms with Crippen LogP contribution in [0.3, 0.4) is 0 Å². The number of hydrogen-bond acceptors (Lipinski definition) is 3. The fraction of sp³-hybridized carbons (Fsp3) is 0.462. The molecule has 1 aliphatic heterocycles. The van der Waals surface area contributed by atoms with E-state index in [0.717, 1.165) is 17.7 Å².